The van der Waals surface area contributed by atoms with Gasteiger partial charge >= 0.3 is 0 Å². The third-order valence-corrected chi connectivity index (χ3v) is 6.30. The molecule has 0 atom stereocenters. The highest BCUT2D eigenvalue weighted by molar-refractivity contribution is 5.99. The van der Waals surface area contributed by atoms with Crippen molar-refractivity contribution < 1.29 is 13.6 Å². The monoisotopic (exact) mass is 445 g/mol. The van der Waals surface area contributed by atoms with E-state index in [0.29, 0.717) is 28.8 Å². The zero-order valence-electron chi connectivity index (χ0n) is 17.5. The second kappa shape index (κ2) is 6.93. The van der Waals surface area contributed by atoms with Crippen molar-refractivity contribution in [1.82, 2.24) is 24.5 Å². The van der Waals surface area contributed by atoms with Crippen molar-refractivity contribution in [2.45, 2.75) is 26.4 Å². The van der Waals surface area contributed by atoms with Gasteiger partial charge in [-0.1, -0.05) is 25.2 Å². The van der Waals surface area contributed by atoms with Crippen molar-refractivity contribution in [3.8, 4) is 0 Å². The van der Waals surface area contributed by atoms with Crippen LogP contribution in [0.2, 0.25) is 0 Å². The Kier molecular flexibility index (Phi) is 4.10. The van der Waals surface area contributed by atoms with Crippen LogP contribution >= 0.6 is 0 Å². The fourth-order valence-corrected chi connectivity index (χ4v) is 4.50. The van der Waals surface area contributed by atoms with Crippen molar-refractivity contribution in [1.29, 1.82) is 0 Å². The molecular weight excluding hydrogens is 428 g/mol. The first-order valence-electron chi connectivity index (χ1n) is 10.5. The normalized spacial score (nSPS) is 14.6. The summed E-state index contributed by atoms with van der Waals surface area (Å²) in [7, 11) is 0. The average molecular weight is 445 g/mol. The number of aromatic amines is 1. The number of hydrogen-bond acceptors (Lipinski definition) is 4. The third-order valence-electron chi connectivity index (χ3n) is 6.30. The second-order valence-corrected chi connectivity index (χ2v) is 8.15. The number of H-pyrrole nitrogens is 1. The standard InChI is InChI=1S/C24H17F2N5O2/c1-2-12-8-20-19(27-23(32)22-29-28-21(31(20)22)13-4-3-5-13)9-14(12)24(33)30-10-15-16(11-30)18(26)7-6-17(15)25/h3-9H,2,10-11H2,1H3,(H,27,32). The Morgan fingerprint density at radius 2 is 1.82 bits per heavy atom. The molecule has 1 amide bonds. The first-order chi connectivity index (χ1) is 16.0. The van der Waals surface area contributed by atoms with Gasteiger partial charge in [0, 0.05) is 35.4 Å². The minimum Gasteiger partial charge on any atom is -0.330 e. The van der Waals surface area contributed by atoms with Gasteiger partial charge in [-0.2, -0.15) is 0 Å². The van der Waals surface area contributed by atoms with E-state index >= 15 is 0 Å². The van der Waals surface area contributed by atoms with Crippen LogP contribution in [0, 0.1) is 11.6 Å². The molecule has 1 aliphatic heterocycles. The number of hydrogen-bond donors (Lipinski definition) is 1. The summed E-state index contributed by atoms with van der Waals surface area (Å²) in [5.74, 6) is -0.853. The molecule has 6 rings (SSSR count). The van der Waals surface area contributed by atoms with E-state index in [4.69, 9.17) is 0 Å². The van der Waals surface area contributed by atoms with Crippen molar-refractivity contribution >= 4 is 28.2 Å². The predicted octanol–water partition coefficient (Wildman–Crippen LogP) is 3.52. The third kappa shape index (κ3) is 2.78. The van der Waals surface area contributed by atoms with Gasteiger partial charge in [-0.05, 0) is 36.2 Å². The van der Waals surface area contributed by atoms with Gasteiger partial charge in [-0.25, -0.2) is 8.78 Å². The number of nitrogens with one attached hydrogen (secondary N) is 1. The number of benzene rings is 2. The summed E-state index contributed by atoms with van der Waals surface area (Å²) in [4.78, 5) is 30.3. The zero-order chi connectivity index (χ0) is 22.9. The fraction of sp³-hybridized carbons (Fsp3) is 0.167. The number of nitrogens with zero attached hydrogens (tertiary/aromatic N) is 4. The number of amides is 1. The van der Waals surface area contributed by atoms with Gasteiger partial charge in [0.1, 0.15) is 11.6 Å². The molecule has 7 nitrogen and oxygen atoms in total. The highest BCUT2D eigenvalue weighted by Gasteiger charge is 2.30. The molecule has 0 saturated heterocycles. The van der Waals surface area contributed by atoms with Gasteiger partial charge in [0.25, 0.3) is 11.5 Å². The summed E-state index contributed by atoms with van der Waals surface area (Å²) >= 11 is 0. The lowest BCUT2D eigenvalue weighted by atomic mass is 10.0. The molecule has 0 unspecified atom stereocenters. The number of halogens is 2. The number of aryl methyl sites for hydroxylation is 1. The van der Waals surface area contributed by atoms with E-state index in [0.717, 1.165) is 23.3 Å². The molecule has 2 aromatic heterocycles. The molecule has 0 spiro atoms. The summed E-state index contributed by atoms with van der Waals surface area (Å²) in [5, 5.41) is 8.21. The van der Waals surface area contributed by atoms with Crippen LogP contribution in [-0.2, 0) is 19.5 Å². The van der Waals surface area contributed by atoms with Crippen LogP contribution in [0.5, 0.6) is 0 Å². The minimum atomic E-state index is -0.526. The number of allylic oxidation sites excluding steroid dienone is 4. The molecule has 33 heavy (non-hydrogen) atoms. The molecule has 2 aromatic carbocycles. The highest BCUT2D eigenvalue weighted by atomic mass is 19.1. The molecule has 0 fully saturated rings. The Balaban J connectivity index is 1.49. The second-order valence-electron chi connectivity index (χ2n) is 8.15. The van der Waals surface area contributed by atoms with E-state index in [-0.39, 0.29) is 35.8 Å². The van der Waals surface area contributed by atoms with Crippen LogP contribution < -0.4 is 5.56 Å². The SMILES string of the molecule is CCc1cc2c(cc1C(=O)N1Cc3c(F)ccc(F)c3C1)[nH]c(=O)c1nnc(C3=CC=C3)n12. The molecule has 164 valence electrons. The smallest absolute Gasteiger partial charge is 0.294 e. The average Bonchev–Trinajstić information content (AvgIpc) is 3.41. The van der Waals surface area contributed by atoms with Crippen molar-refractivity contribution in [3.05, 3.63) is 92.6 Å². The van der Waals surface area contributed by atoms with Gasteiger partial charge < -0.3 is 9.88 Å². The van der Waals surface area contributed by atoms with E-state index in [1.165, 1.54) is 4.90 Å². The number of carbonyl (C=O) groups is 1. The highest BCUT2D eigenvalue weighted by Crippen LogP contribution is 2.31. The summed E-state index contributed by atoms with van der Waals surface area (Å²) in [5.41, 5.74) is 3.24. The lowest BCUT2D eigenvalue weighted by Gasteiger charge is -2.18. The Hall–Kier alpha value is -4.14. The maximum Gasteiger partial charge on any atom is 0.294 e. The minimum absolute atomic E-state index is 0.00934. The maximum atomic E-state index is 14.2. The first kappa shape index (κ1) is 19.5. The first-order valence-corrected chi connectivity index (χ1v) is 10.5. The van der Waals surface area contributed by atoms with Crippen LogP contribution in [0.4, 0.5) is 8.78 Å². The predicted molar refractivity (Wildman–Crippen MR) is 118 cm³/mol. The molecule has 0 radical (unpaired) electrons. The van der Waals surface area contributed by atoms with E-state index < -0.39 is 17.2 Å². The van der Waals surface area contributed by atoms with E-state index in [1.54, 1.807) is 10.5 Å². The number of fused-ring (bicyclic) bond motifs is 4. The van der Waals surface area contributed by atoms with Gasteiger partial charge in [-0.15, -0.1) is 10.2 Å². The van der Waals surface area contributed by atoms with Crippen molar-refractivity contribution in [2.75, 3.05) is 0 Å². The van der Waals surface area contributed by atoms with Crippen LogP contribution in [0.15, 0.2) is 47.3 Å². The van der Waals surface area contributed by atoms with Crippen molar-refractivity contribution in [2.24, 2.45) is 0 Å². The van der Waals surface area contributed by atoms with Gasteiger partial charge in [0.2, 0.25) is 5.65 Å². The Morgan fingerprint density at radius 1 is 1.12 bits per heavy atom. The Labute approximate surface area is 185 Å². The summed E-state index contributed by atoms with van der Waals surface area (Å²) in [6.45, 7) is 1.90. The zero-order valence-corrected chi connectivity index (χ0v) is 17.5. The number of carbonyl (C=O) groups excluding carboxylic acids is 1. The van der Waals surface area contributed by atoms with Gasteiger partial charge in [-0.3, -0.25) is 14.0 Å². The molecule has 4 aromatic rings. The molecule has 9 heteroatoms. The van der Waals surface area contributed by atoms with E-state index in [9.17, 15) is 18.4 Å². The van der Waals surface area contributed by atoms with E-state index in [2.05, 4.69) is 15.2 Å². The van der Waals surface area contributed by atoms with E-state index in [1.807, 2.05) is 31.2 Å². The van der Waals surface area contributed by atoms with Crippen LogP contribution in [0.1, 0.15) is 39.8 Å². The Bertz CT molecular complexity index is 1600. The fourth-order valence-electron chi connectivity index (χ4n) is 4.50. The molecule has 1 aliphatic carbocycles. The topological polar surface area (TPSA) is 83.4 Å². The lowest BCUT2D eigenvalue weighted by Crippen LogP contribution is -2.27. The van der Waals surface area contributed by atoms with Crippen LogP contribution in [0.25, 0.3) is 22.3 Å². The molecule has 0 saturated carbocycles. The summed E-state index contributed by atoms with van der Waals surface area (Å²) < 4.78 is 30.1. The largest absolute Gasteiger partial charge is 0.330 e. The van der Waals surface area contributed by atoms with Gasteiger partial charge in [0.15, 0.2) is 5.82 Å². The number of aromatic nitrogens is 4. The lowest BCUT2D eigenvalue weighted by molar-refractivity contribution is 0.0749. The van der Waals surface area contributed by atoms with Crippen LogP contribution in [-0.4, -0.2) is 30.4 Å². The summed E-state index contributed by atoms with van der Waals surface area (Å²) in [6, 6.07) is 5.62. The Morgan fingerprint density at radius 3 is 2.42 bits per heavy atom. The quantitative estimate of drug-likeness (QED) is 0.523. The molecule has 2 aliphatic rings. The number of rotatable bonds is 3. The molecule has 3 heterocycles. The van der Waals surface area contributed by atoms with Gasteiger partial charge in [0.05, 0.1) is 11.0 Å². The summed E-state index contributed by atoms with van der Waals surface area (Å²) in [6.07, 6.45) is 6.18. The molecule has 1 N–H and O–H groups in total. The molecule has 0 bridgehead atoms. The van der Waals surface area contributed by atoms with Crippen LogP contribution in [0.3, 0.4) is 0 Å². The molecular formula is C24H17F2N5O2. The van der Waals surface area contributed by atoms with Crippen molar-refractivity contribution in [3.63, 3.8) is 0 Å². The maximum absolute atomic E-state index is 14.2.